The average molecular weight is 277 g/mol. The highest BCUT2D eigenvalue weighted by Gasteiger charge is 2.30. The zero-order chi connectivity index (χ0) is 13.6. The number of aryl methyl sites for hydroxylation is 2. The van der Waals surface area contributed by atoms with Crippen molar-refractivity contribution in [2.75, 3.05) is 13.3 Å². The quantitative estimate of drug-likeness (QED) is 0.900. The van der Waals surface area contributed by atoms with Crippen LogP contribution in [0.15, 0.2) is 29.3 Å². The van der Waals surface area contributed by atoms with Crippen molar-refractivity contribution in [3.05, 3.63) is 35.7 Å². The Morgan fingerprint density at radius 2 is 2.00 bits per heavy atom. The number of aromatic nitrogens is 1. The first-order valence-corrected chi connectivity index (χ1v) is 7.51. The first-order valence-electron chi connectivity index (χ1n) is 6.07. The Labute approximate surface area is 112 Å². The van der Waals surface area contributed by atoms with Crippen molar-refractivity contribution < 1.29 is 8.42 Å². The fraction of sp³-hybridized carbons (Fsp3) is 0.308. The van der Waals surface area contributed by atoms with Crippen LogP contribution in [-0.2, 0) is 10.0 Å². The van der Waals surface area contributed by atoms with Gasteiger partial charge in [0.1, 0.15) is 0 Å². The molecule has 100 valence electrons. The van der Waals surface area contributed by atoms with Crippen molar-refractivity contribution in [2.45, 2.75) is 18.7 Å². The molecule has 1 N–H and O–H groups in total. The van der Waals surface area contributed by atoms with E-state index in [4.69, 9.17) is 0 Å². The Bertz CT molecular complexity index is 752. The van der Waals surface area contributed by atoms with E-state index >= 15 is 0 Å². The van der Waals surface area contributed by atoms with Crippen molar-refractivity contribution in [3.8, 4) is 0 Å². The van der Waals surface area contributed by atoms with E-state index in [0.29, 0.717) is 18.2 Å². The number of fused-ring (bicyclic) bond motifs is 1. The summed E-state index contributed by atoms with van der Waals surface area (Å²) in [7, 11) is -3.43. The largest absolute Gasteiger partial charge is 0.290 e. The number of pyridine rings is 1. The van der Waals surface area contributed by atoms with Gasteiger partial charge in [-0.1, -0.05) is 12.1 Å². The molecule has 2 heterocycles. The lowest BCUT2D eigenvalue weighted by molar-refractivity contribution is 0.255. The number of hydrogen-bond acceptors (Lipinski definition) is 4. The molecule has 1 aliphatic heterocycles. The summed E-state index contributed by atoms with van der Waals surface area (Å²) >= 11 is 0. The van der Waals surface area contributed by atoms with Crippen molar-refractivity contribution in [2.24, 2.45) is 0 Å². The molecular weight excluding hydrogens is 262 g/mol. The van der Waals surface area contributed by atoms with Gasteiger partial charge in [0.05, 0.1) is 18.2 Å². The molecule has 0 saturated carbocycles. The van der Waals surface area contributed by atoms with Crippen LogP contribution in [0.25, 0.3) is 10.8 Å². The predicted octanol–water partition coefficient (Wildman–Crippen LogP) is 1.36. The molecule has 0 unspecified atom stereocenters. The molecule has 3 rings (SSSR count). The summed E-state index contributed by atoms with van der Waals surface area (Å²) in [4.78, 5) is 4.66. The maximum absolute atomic E-state index is 12.6. The van der Waals surface area contributed by atoms with Gasteiger partial charge in [-0.05, 0) is 25.5 Å². The van der Waals surface area contributed by atoms with Crippen molar-refractivity contribution in [1.29, 1.82) is 0 Å². The third-order valence-electron chi connectivity index (χ3n) is 3.46. The van der Waals surface area contributed by atoms with Crippen molar-refractivity contribution in [3.63, 3.8) is 0 Å². The molecule has 1 aliphatic rings. The summed E-state index contributed by atoms with van der Waals surface area (Å²) in [5.74, 6) is 0. The van der Waals surface area contributed by atoms with E-state index in [-0.39, 0.29) is 0 Å². The Kier molecular flexibility index (Phi) is 2.81. The van der Waals surface area contributed by atoms with E-state index in [9.17, 15) is 8.42 Å². The number of hydrogen-bond donors (Lipinski definition) is 1. The monoisotopic (exact) mass is 277 g/mol. The Hall–Kier alpha value is -1.50. The van der Waals surface area contributed by atoms with Crippen LogP contribution in [0.5, 0.6) is 0 Å². The molecule has 0 radical (unpaired) electrons. The van der Waals surface area contributed by atoms with Gasteiger partial charge >= 0.3 is 0 Å². The van der Waals surface area contributed by atoms with Crippen LogP contribution in [0.1, 0.15) is 11.3 Å². The standard InChI is InChI=1S/C13H15N3O2S/c1-9-6-15-10(2)11-4-3-5-12(13(9)11)19(17,18)16-7-14-8-16/h3-6,14H,7-8H2,1-2H3. The van der Waals surface area contributed by atoms with Gasteiger partial charge in [0.25, 0.3) is 0 Å². The molecule has 1 fully saturated rings. The molecule has 0 atom stereocenters. The van der Waals surface area contributed by atoms with Gasteiger partial charge in [0.2, 0.25) is 10.0 Å². The minimum atomic E-state index is -3.43. The Morgan fingerprint density at radius 1 is 1.26 bits per heavy atom. The lowest BCUT2D eigenvalue weighted by Gasteiger charge is -2.31. The molecule has 0 aliphatic carbocycles. The summed E-state index contributed by atoms with van der Waals surface area (Å²) < 4.78 is 26.5. The van der Waals surface area contributed by atoms with Crippen LogP contribution in [-0.4, -0.2) is 31.0 Å². The average Bonchev–Trinajstić information content (AvgIpc) is 2.30. The molecule has 6 heteroatoms. The van der Waals surface area contributed by atoms with Gasteiger partial charge in [0.15, 0.2) is 0 Å². The van der Waals surface area contributed by atoms with Gasteiger partial charge < -0.3 is 0 Å². The predicted molar refractivity (Wildman–Crippen MR) is 73.1 cm³/mol. The van der Waals surface area contributed by atoms with E-state index < -0.39 is 10.0 Å². The van der Waals surface area contributed by atoms with E-state index in [0.717, 1.165) is 22.0 Å². The van der Waals surface area contributed by atoms with Crippen LogP contribution in [0, 0.1) is 13.8 Å². The normalized spacial score (nSPS) is 16.5. The molecular formula is C13H15N3O2S. The van der Waals surface area contributed by atoms with Crippen LogP contribution in [0.3, 0.4) is 0 Å². The Balaban J connectivity index is 2.33. The summed E-state index contributed by atoms with van der Waals surface area (Å²) in [6, 6.07) is 5.36. The van der Waals surface area contributed by atoms with Crippen LogP contribution in [0.2, 0.25) is 0 Å². The minimum Gasteiger partial charge on any atom is -0.290 e. The van der Waals surface area contributed by atoms with E-state index in [1.54, 1.807) is 18.3 Å². The number of benzene rings is 1. The van der Waals surface area contributed by atoms with Crippen LogP contribution >= 0.6 is 0 Å². The number of nitrogens with one attached hydrogen (secondary N) is 1. The fourth-order valence-electron chi connectivity index (χ4n) is 2.29. The maximum atomic E-state index is 12.6. The van der Waals surface area contributed by atoms with Gasteiger partial charge in [0, 0.05) is 22.7 Å². The number of rotatable bonds is 2. The van der Waals surface area contributed by atoms with Gasteiger partial charge in [-0.15, -0.1) is 0 Å². The van der Waals surface area contributed by atoms with Gasteiger partial charge in [-0.3, -0.25) is 10.3 Å². The second kappa shape index (κ2) is 4.26. The fourth-order valence-corrected chi connectivity index (χ4v) is 3.87. The topological polar surface area (TPSA) is 62.3 Å². The van der Waals surface area contributed by atoms with Crippen LogP contribution in [0.4, 0.5) is 0 Å². The molecule has 1 aromatic heterocycles. The van der Waals surface area contributed by atoms with E-state index in [2.05, 4.69) is 10.3 Å². The van der Waals surface area contributed by atoms with Gasteiger partial charge in [-0.25, -0.2) is 8.42 Å². The second-order valence-electron chi connectivity index (χ2n) is 4.73. The number of nitrogens with zero attached hydrogens (tertiary/aromatic N) is 2. The zero-order valence-corrected chi connectivity index (χ0v) is 11.7. The molecule has 19 heavy (non-hydrogen) atoms. The van der Waals surface area contributed by atoms with E-state index in [1.807, 2.05) is 19.9 Å². The molecule has 5 nitrogen and oxygen atoms in total. The highest BCUT2D eigenvalue weighted by Crippen LogP contribution is 2.29. The first-order chi connectivity index (χ1) is 9.01. The van der Waals surface area contributed by atoms with Crippen molar-refractivity contribution >= 4 is 20.8 Å². The third kappa shape index (κ3) is 1.83. The lowest BCUT2D eigenvalue weighted by atomic mass is 10.1. The maximum Gasteiger partial charge on any atom is 0.246 e. The van der Waals surface area contributed by atoms with Crippen LogP contribution < -0.4 is 5.32 Å². The molecule has 0 bridgehead atoms. The zero-order valence-electron chi connectivity index (χ0n) is 10.8. The SMILES string of the molecule is Cc1ncc(C)c2c(S(=O)(=O)N3CNC3)cccc12. The Morgan fingerprint density at radius 3 is 2.63 bits per heavy atom. The molecule has 1 saturated heterocycles. The summed E-state index contributed by atoms with van der Waals surface area (Å²) in [5, 5.41) is 4.62. The lowest BCUT2D eigenvalue weighted by Crippen LogP contribution is -2.54. The summed E-state index contributed by atoms with van der Waals surface area (Å²) in [6.45, 7) is 4.54. The molecule has 1 aromatic carbocycles. The number of sulfonamides is 1. The highest BCUT2D eigenvalue weighted by atomic mass is 32.2. The summed E-state index contributed by atoms with van der Waals surface area (Å²) in [6.07, 6.45) is 1.73. The smallest absolute Gasteiger partial charge is 0.246 e. The van der Waals surface area contributed by atoms with Gasteiger partial charge in [-0.2, -0.15) is 4.31 Å². The first kappa shape index (κ1) is 12.5. The molecule has 2 aromatic rings. The third-order valence-corrected chi connectivity index (χ3v) is 5.29. The van der Waals surface area contributed by atoms with Crippen molar-refractivity contribution in [1.82, 2.24) is 14.6 Å². The molecule has 0 spiro atoms. The minimum absolute atomic E-state index is 0.370. The second-order valence-corrected chi connectivity index (χ2v) is 6.63. The summed E-state index contributed by atoms with van der Waals surface area (Å²) in [5.41, 5.74) is 1.73. The van der Waals surface area contributed by atoms with E-state index in [1.165, 1.54) is 4.31 Å². The molecule has 0 amide bonds. The highest BCUT2D eigenvalue weighted by molar-refractivity contribution is 7.89.